The fourth-order valence-electron chi connectivity index (χ4n) is 2.77. The van der Waals surface area contributed by atoms with Crippen LogP contribution in [0.1, 0.15) is 30.1 Å². The summed E-state index contributed by atoms with van der Waals surface area (Å²) in [7, 11) is 1.94. The van der Waals surface area contributed by atoms with Gasteiger partial charge in [-0.25, -0.2) is 4.99 Å². The van der Waals surface area contributed by atoms with Crippen molar-refractivity contribution in [3.05, 3.63) is 45.5 Å². The minimum absolute atomic E-state index is 0. The Bertz CT molecular complexity index is 807. The SMILES string of the molecule is Cc1nnc(CNC(=NCc2ccc(Cl)cc2Cl)NCC2CCCO2)n1C.I. The van der Waals surface area contributed by atoms with Gasteiger partial charge in [0.2, 0.25) is 0 Å². The normalized spacial score (nSPS) is 16.7. The minimum atomic E-state index is 0. The lowest BCUT2D eigenvalue weighted by Gasteiger charge is -2.15. The average molecular weight is 539 g/mol. The number of guanidine groups is 1. The zero-order chi connectivity index (χ0) is 19.2. The van der Waals surface area contributed by atoms with Crippen molar-refractivity contribution in [2.75, 3.05) is 13.2 Å². The van der Waals surface area contributed by atoms with Gasteiger partial charge in [-0.05, 0) is 37.5 Å². The van der Waals surface area contributed by atoms with E-state index in [0.717, 1.165) is 36.7 Å². The summed E-state index contributed by atoms with van der Waals surface area (Å²) in [4.78, 5) is 4.65. The molecule has 2 aromatic rings. The van der Waals surface area contributed by atoms with Crippen LogP contribution in [0.25, 0.3) is 0 Å². The van der Waals surface area contributed by atoms with E-state index < -0.39 is 0 Å². The summed E-state index contributed by atoms with van der Waals surface area (Å²) in [6.45, 7) is 4.41. The number of aryl methyl sites for hydroxylation is 1. The van der Waals surface area contributed by atoms with Crippen LogP contribution in [0.5, 0.6) is 0 Å². The molecule has 0 spiro atoms. The van der Waals surface area contributed by atoms with E-state index in [2.05, 4.69) is 25.8 Å². The van der Waals surface area contributed by atoms with Gasteiger partial charge in [0.05, 0.1) is 19.2 Å². The van der Waals surface area contributed by atoms with E-state index in [-0.39, 0.29) is 30.1 Å². The monoisotopic (exact) mass is 538 g/mol. The van der Waals surface area contributed by atoms with Crippen molar-refractivity contribution in [1.82, 2.24) is 25.4 Å². The molecule has 28 heavy (non-hydrogen) atoms. The van der Waals surface area contributed by atoms with Crippen LogP contribution in [-0.4, -0.2) is 40.0 Å². The van der Waals surface area contributed by atoms with Crippen LogP contribution in [0.15, 0.2) is 23.2 Å². The number of hydrogen-bond acceptors (Lipinski definition) is 4. The maximum Gasteiger partial charge on any atom is 0.192 e. The predicted molar refractivity (Wildman–Crippen MR) is 123 cm³/mol. The van der Waals surface area contributed by atoms with E-state index in [1.165, 1.54) is 0 Å². The van der Waals surface area contributed by atoms with Crippen LogP contribution >= 0.6 is 47.2 Å². The predicted octanol–water partition coefficient (Wildman–Crippen LogP) is 3.46. The Kier molecular flexibility index (Phi) is 9.26. The molecule has 10 heteroatoms. The fraction of sp³-hybridized carbons (Fsp3) is 0.500. The van der Waals surface area contributed by atoms with Crippen molar-refractivity contribution >= 4 is 53.1 Å². The highest BCUT2D eigenvalue weighted by molar-refractivity contribution is 14.0. The third kappa shape index (κ3) is 6.47. The highest BCUT2D eigenvalue weighted by Crippen LogP contribution is 2.21. The Hall–Kier alpha value is -1.10. The Morgan fingerprint density at radius 3 is 2.79 bits per heavy atom. The van der Waals surface area contributed by atoms with E-state index in [4.69, 9.17) is 27.9 Å². The van der Waals surface area contributed by atoms with Crippen LogP contribution in [0, 0.1) is 6.92 Å². The molecule has 7 nitrogen and oxygen atoms in total. The number of ether oxygens (including phenoxy) is 1. The zero-order valence-corrected chi connectivity index (χ0v) is 19.8. The first kappa shape index (κ1) is 23.2. The second-order valence-corrected chi connectivity index (χ2v) is 7.34. The van der Waals surface area contributed by atoms with Crippen molar-refractivity contribution in [3.63, 3.8) is 0 Å². The summed E-state index contributed by atoms with van der Waals surface area (Å²) < 4.78 is 7.62. The highest BCUT2D eigenvalue weighted by Gasteiger charge is 2.16. The molecule has 154 valence electrons. The topological polar surface area (TPSA) is 76.4 Å². The van der Waals surface area contributed by atoms with Crippen LogP contribution in [-0.2, 0) is 24.9 Å². The van der Waals surface area contributed by atoms with Gasteiger partial charge >= 0.3 is 0 Å². The molecule has 0 saturated carbocycles. The molecule has 1 unspecified atom stereocenters. The Morgan fingerprint density at radius 1 is 1.32 bits per heavy atom. The van der Waals surface area contributed by atoms with Crippen LogP contribution in [0.3, 0.4) is 0 Å². The number of nitrogens with one attached hydrogen (secondary N) is 2. The maximum atomic E-state index is 6.25. The second-order valence-electron chi connectivity index (χ2n) is 6.49. The van der Waals surface area contributed by atoms with Crippen LogP contribution in [0.2, 0.25) is 10.0 Å². The Balaban J connectivity index is 0.00000280. The molecule has 1 aliphatic heterocycles. The summed E-state index contributed by atoms with van der Waals surface area (Å²) >= 11 is 12.2. The van der Waals surface area contributed by atoms with E-state index in [1.54, 1.807) is 6.07 Å². The first-order chi connectivity index (χ1) is 13.0. The molecule has 1 atom stereocenters. The van der Waals surface area contributed by atoms with Crippen molar-refractivity contribution in [3.8, 4) is 0 Å². The molecule has 2 heterocycles. The van der Waals surface area contributed by atoms with Crippen LogP contribution < -0.4 is 10.6 Å². The third-order valence-electron chi connectivity index (χ3n) is 4.54. The lowest BCUT2D eigenvalue weighted by atomic mass is 10.2. The van der Waals surface area contributed by atoms with Gasteiger partial charge in [-0.15, -0.1) is 34.2 Å². The smallest absolute Gasteiger partial charge is 0.192 e. The lowest BCUT2D eigenvalue weighted by Crippen LogP contribution is -2.41. The Labute approximate surface area is 192 Å². The standard InChI is InChI=1S/C18H24Cl2N6O.HI/c1-12-24-25-17(26(12)2)11-23-18(22-10-15-4-3-7-27-15)21-9-13-5-6-14(19)8-16(13)20;/h5-6,8,15H,3-4,7,9-11H2,1-2H3,(H2,21,22,23);1H. The fourth-order valence-corrected chi connectivity index (χ4v) is 3.24. The molecule has 0 radical (unpaired) electrons. The van der Waals surface area contributed by atoms with E-state index in [1.807, 2.05) is 30.7 Å². The van der Waals surface area contributed by atoms with Gasteiger partial charge in [0.1, 0.15) is 5.82 Å². The van der Waals surface area contributed by atoms with E-state index >= 15 is 0 Å². The summed E-state index contributed by atoms with van der Waals surface area (Å²) in [5.74, 6) is 2.38. The molecular formula is C18H25Cl2IN6O. The van der Waals surface area contributed by atoms with Gasteiger partial charge in [0, 0.05) is 30.2 Å². The number of nitrogens with zero attached hydrogens (tertiary/aromatic N) is 4. The van der Waals surface area contributed by atoms with E-state index in [0.29, 0.717) is 35.6 Å². The van der Waals surface area contributed by atoms with Crippen molar-refractivity contribution in [1.29, 1.82) is 0 Å². The number of aliphatic imine (C=N–C) groups is 1. The summed E-state index contributed by atoms with van der Waals surface area (Å²) in [5, 5.41) is 16.1. The second kappa shape index (κ2) is 11.2. The number of aromatic nitrogens is 3. The molecule has 3 rings (SSSR count). The molecular weight excluding hydrogens is 514 g/mol. The van der Waals surface area contributed by atoms with Gasteiger partial charge in [0.25, 0.3) is 0 Å². The van der Waals surface area contributed by atoms with Gasteiger partial charge in [0.15, 0.2) is 11.8 Å². The molecule has 1 fully saturated rings. The number of hydrogen-bond donors (Lipinski definition) is 2. The number of rotatable bonds is 6. The molecule has 0 aliphatic carbocycles. The minimum Gasteiger partial charge on any atom is -0.376 e. The number of benzene rings is 1. The Morgan fingerprint density at radius 2 is 2.14 bits per heavy atom. The molecule has 0 amide bonds. The molecule has 1 aromatic carbocycles. The van der Waals surface area contributed by atoms with Gasteiger partial charge in [-0.1, -0.05) is 29.3 Å². The largest absolute Gasteiger partial charge is 0.376 e. The summed E-state index contributed by atoms with van der Waals surface area (Å²) in [6.07, 6.45) is 2.38. The third-order valence-corrected chi connectivity index (χ3v) is 5.13. The van der Waals surface area contributed by atoms with Gasteiger partial charge in [-0.3, -0.25) is 0 Å². The summed E-state index contributed by atoms with van der Waals surface area (Å²) in [6, 6.07) is 5.43. The number of halogens is 3. The maximum absolute atomic E-state index is 6.25. The summed E-state index contributed by atoms with van der Waals surface area (Å²) in [5.41, 5.74) is 0.911. The molecule has 1 aliphatic rings. The molecule has 1 aromatic heterocycles. The highest BCUT2D eigenvalue weighted by atomic mass is 127. The molecule has 1 saturated heterocycles. The van der Waals surface area contributed by atoms with E-state index in [9.17, 15) is 0 Å². The van der Waals surface area contributed by atoms with Crippen molar-refractivity contribution in [2.45, 2.75) is 39.0 Å². The quantitative estimate of drug-likeness (QED) is 0.334. The zero-order valence-electron chi connectivity index (χ0n) is 15.9. The average Bonchev–Trinajstić information content (AvgIpc) is 3.27. The first-order valence-corrected chi connectivity index (χ1v) is 9.71. The molecule has 0 bridgehead atoms. The van der Waals surface area contributed by atoms with Crippen molar-refractivity contribution < 1.29 is 4.74 Å². The van der Waals surface area contributed by atoms with Gasteiger partial charge in [-0.2, -0.15) is 0 Å². The van der Waals surface area contributed by atoms with Gasteiger partial charge < -0.3 is 19.9 Å². The van der Waals surface area contributed by atoms with Crippen molar-refractivity contribution in [2.24, 2.45) is 12.0 Å². The van der Waals surface area contributed by atoms with Crippen LogP contribution in [0.4, 0.5) is 0 Å². The molecule has 2 N–H and O–H groups in total. The lowest BCUT2D eigenvalue weighted by molar-refractivity contribution is 0.113. The first-order valence-electron chi connectivity index (χ1n) is 8.95.